The molecule has 1 aliphatic rings. The number of nitrogens with one attached hydrogen (secondary N) is 1. The van der Waals surface area contributed by atoms with Gasteiger partial charge >= 0.3 is 0 Å². The largest absolute Gasteiger partial charge is 0.373 e. The van der Waals surface area contributed by atoms with Gasteiger partial charge in [0.25, 0.3) is 0 Å². The second-order valence-corrected chi connectivity index (χ2v) is 4.94. The minimum atomic E-state index is -0.238. The summed E-state index contributed by atoms with van der Waals surface area (Å²) in [4.78, 5) is 11.5. The maximum absolute atomic E-state index is 11.5. The van der Waals surface area contributed by atoms with Crippen molar-refractivity contribution in [1.29, 1.82) is 0 Å². The number of primary amides is 1. The first kappa shape index (κ1) is 12.0. The Morgan fingerprint density at radius 2 is 2.12 bits per heavy atom. The molecule has 0 saturated heterocycles. The van der Waals surface area contributed by atoms with Crippen molar-refractivity contribution >= 4 is 11.6 Å². The van der Waals surface area contributed by atoms with Crippen LogP contribution in [0.15, 0.2) is 24.3 Å². The molecule has 0 bridgehead atoms. The smallest absolute Gasteiger partial charge is 0.240 e. The number of carbonyl (C=O) groups is 1. The van der Waals surface area contributed by atoms with E-state index in [1.165, 1.54) is 18.4 Å². The van der Waals surface area contributed by atoms with Crippen LogP contribution in [0.25, 0.3) is 0 Å². The van der Waals surface area contributed by atoms with Gasteiger partial charge in [0, 0.05) is 5.69 Å². The number of aryl methyl sites for hydroxylation is 1. The molecule has 1 aliphatic carbocycles. The Bertz CT molecular complexity index is 397. The monoisotopic (exact) mass is 232 g/mol. The standard InChI is InChI=1S/C14H20N2O/c1-10-5-4-8-12(9-10)16-13(14(15)17)11-6-2-3-7-11/h4-5,8-9,11,13,16H,2-3,6-7H2,1H3,(H2,15,17). The third-order valence-electron chi connectivity index (χ3n) is 3.52. The third-order valence-corrected chi connectivity index (χ3v) is 3.52. The van der Waals surface area contributed by atoms with Crippen molar-refractivity contribution in [3.8, 4) is 0 Å². The van der Waals surface area contributed by atoms with Crippen LogP contribution in [0.1, 0.15) is 31.2 Å². The fraction of sp³-hybridized carbons (Fsp3) is 0.500. The summed E-state index contributed by atoms with van der Waals surface area (Å²) in [5.41, 5.74) is 7.67. The minimum Gasteiger partial charge on any atom is -0.373 e. The molecule has 3 N–H and O–H groups in total. The summed E-state index contributed by atoms with van der Waals surface area (Å²) in [5.74, 6) is 0.159. The van der Waals surface area contributed by atoms with Gasteiger partial charge in [-0.25, -0.2) is 0 Å². The van der Waals surface area contributed by atoms with Crippen LogP contribution in [-0.2, 0) is 4.79 Å². The highest BCUT2D eigenvalue weighted by Gasteiger charge is 2.28. The first-order valence-electron chi connectivity index (χ1n) is 6.29. The lowest BCUT2D eigenvalue weighted by Gasteiger charge is -2.22. The number of hydrogen-bond donors (Lipinski definition) is 2. The van der Waals surface area contributed by atoms with Gasteiger partial charge in [0.2, 0.25) is 5.91 Å². The van der Waals surface area contributed by atoms with Crippen molar-refractivity contribution < 1.29 is 4.79 Å². The molecule has 0 spiro atoms. The zero-order valence-corrected chi connectivity index (χ0v) is 10.3. The number of nitrogens with two attached hydrogens (primary N) is 1. The highest BCUT2D eigenvalue weighted by atomic mass is 16.1. The molecule has 1 fully saturated rings. The van der Waals surface area contributed by atoms with Crippen molar-refractivity contribution in [3.63, 3.8) is 0 Å². The Labute approximate surface area is 102 Å². The predicted octanol–water partition coefficient (Wildman–Crippen LogP) is 2.45. The molecule has 0 heterocycles. The average molecular weight is 232 g/mol. The van der Waals surface area contributed by atoms with Crippen molar-refractivity contribution in [2.45, 2.75) is 38.6 Å². The lowest BCUT2D eigenvalue weighted by molar-refractivity contribution is -0.119. The molecule has 1 aromatic rings. The molecule has 1 amide bonds. The molecule has 17 heavy (non-hydrogen) atoms. The summed E-state index contributed by atoms with van der Waals surface area (Å²) < 4.78 is 0. The van der Waals surface area contributed by atoms with Crippen molar-refractivity contribution in [1.82, 2.24) is 0 Å². The molecule has 0 aliphatic heterocycles. The van der Waals surface area contributed by atoms with E-state index in [-0.39, 0.29) is 11.9 Å². The van der Waals surface area contributed by atoms with Crippen LogP contribution in [0, 0.1) is 12.8 Å². The van der Waals surface area contributed by atoms with Crippen LogP contribution < -0.4 is 11.1 Å². The van der Waals surface area contributed by atoms with E-state index < -0.39 is 0 Å². The fourth-order valence-corrected chi connectivity index (χ4v) is 2.63. The Balaban J connectivity index is 2.09. The Morgan fingerprint density at radius 1 is 1.41 bits per heavy atom. The molecular weight excluding hydrogens is 212 g/mol. The maximum atomic E-state index is 11.5. The number of rotatable bonds is 4. The predicted molar refractivity (Wildman–Crippen MR) is 69.7 cm³/mol. The van der Waals surface area contributed by atoms with Gasteiger partial charge in [0.05, 0.1) is 0 Å². The quantitative estimate of drug-likeness (QED) is 0.837. The summed E-state index contributed by atoms with van der Waals surface area (Å²) in [6, 6.07) is 7.84. The summed E-state index contributed by atoms with van der Waals surface area (Å²) >= 11 is 0. The van der Waals surface area contributed by atoms with E-state index in [0.717, 1.165) is 18.5 Å². The van der Waals surface area contributed by atoms with Crippen molar-refractivity contribution in [2.24, 2.45) is 11.7 Å². The van der Waals surface area contributed by atoms with Gasteiger partial charge in [-0.2, -0.15) is 0 Å². The van der Waals surface area contributed by atoms with Gasteiger partial charge in [-0.15, -0.1) is 0 Å². The van der Waals surface area contributed by atoms with Crippen LogP contribution in [0.4, 0.5) is 5.69 Å². The molecule has 2 rings (SSSR count). The van der Waals surface area contributed by atoms with E-state index in [1.807, 2.05) is 31.2 Å². The second kappa shape index (κ2) is 5.21. The summed E-state index contributed by atoms with van der Waals surface area (Å²) in [5, 5.41) is 3.29. The highest BCUT2D eigenvalue weighted by Crippen LogP contribution is 2.29. The van der Waals surface area contributed by atoms with Crippen molar-refractivity contribution in [3.05, 3.63) is 29.8 Å². The molecule has 1 atom stereocenters. The van der Waals surface area contributed by atoms with Crippen LogP contribution in [-0.4, -0.2) is 11.9 Å². The molecule has 1 saturated carbocycles. The van der Waals surface area contributed by atoms with Crippen LogP contribution >= 0.6 is 0 Å². The molecule has 92 valence electrons. The summed E-state index contributed by atoms with van der Waals surface area (Å²) in [6.45, 7) is 2.04. The molecule has 3 heteroatoms. The van der Waals surface area contributed by atoms with Gasteiger partial charge in [-0.05, 0) is 43.4 Å². The average Bonchev–Trinajstić information content (AvgIpc) is 2.78. The first-order valence-corrected chi connectivity index (χ1v) is 6.29. The molecule has 3 nitrogen and oxygen atoms in total. The summed E-state index contributed by atoms with van der Waals surface area (Å²) in [6.07, 6.45) is 4.63. The highest BCUT2D eigenvalue weighted by molar-refractivity contribution is 5.83. The van der Waals surface area contributed by atoms with E-state index in [0.29, 0.717) is 5.92 Å². The van der Waals surface area contributed by atoms with E-state index in [9.17, 15) is 4.79 Å². The van der Waals surface area contributed by atoms with Gasteiger partial charge in [-0.1, -0.05) is 25.0 Å². The molecule has 1 unspecified atom stereocenters. The maximum Gasteiger partial charge on any atom is 0.240 e. The molecule has 0 radical (unpaired) electrons. The number of amides is 1. The lowest BCUT2D eigenvalue weighted by atomic mass is 9.97. The first-order chi connectivity index (χ1) is 8.16. The van der Waals surface area contributed by atoms with E-state index in [4.69, 9.17) is 5.73 Å². The fourth-order valence-electron chi connectivity index (χ4n) is 2.63. The van der Waals surface area contributed by atoms with Gasteiger partial charge in [0.15, 0.2) is 0 Å². The molecular formula is C14H20N2O. The second-order valence-electron chi connectivity index (χ2n) is 4.94. The van der Waals surface area contributed by atoms with Crippen molar-refractivity contribution in [2.75, 3.05) is 5.32 Å². The normalized spacial score (nSPS) is 17.9. The van der Waals surface area contributed by atoms with E-state index >= 15 is 0 Å². The summed E-state index contributed by atoms with van der Waals surface area (Å²) in [7, 11) is 0. The van der Waals surface area contributed by atoms with Gasteiger partial charge in [0.1, 0.15) is 6.04 Å². The lowest BCUT2D eigenvalue weighted by Crippen LogP contribution is -2.40. The SMILES string of the molecule is Cc1cccc(NC(C(N)=O)C2CCCC2)c1. The number of anilines is 1. The Kier molecular flexibility index (Phi) is 3.67. The number of benzene rings is 1. The topological polar surface area (TPSA) is 55.1 Å². The zero-order valence-electron chi connectivity index (χ0n) is 10.3. The van der Waals surface area contributed by atoms with E-state index in [2.05, 4.69) is 5.32 Å². The number of hydrogen-bond acceptors (Lipinski definition) is 2. The molecule has 1 aromatic carbocycles. The van der Waals surface area contributed by atoms with Crippen LogP contribution in [0.3, 0.4) is 0 Å². The van der Waals surface area contributed by atoms with Crippen LogP contribution in [0.2, 0.25) is 0 Å². The van der Waals surface area contributed by atoms with Gasteiger partial charge in [-0.3, -0.25) is 4.79 Å². The Hall–Kier alpha value is -1.51. The Morgan fingerprint density at radius 3 is 2.71 bits per heavy atom. The van der Waals surface area contributed by atoms with Gasteiger partial charge < -0.3 is 11.1 Å². The number of carbonyl (C=O) groups excluding carboxylic acids is 1. The zero-order chi connectivity index (χ0) is 12.3. The van der Waals surface area contributed by atoms with E-state index in [1.54, 1.807) is 0 Å². The molecule has 0 aromatic heterocycles. The third kappa shape index (κ3) is 2.99. The van der Waals surface area contributed by atoms with Crippen LogP contribution in [0.5, 0.6) is 0 Å². The minimum absolute atomic E-state index is 0.223.